The highest BCUT2D eigenvalue weighted by Gasteiger charge is 2.28. The van der Waals surface area contributed by atoms with Gasteiger partial charge in [0.2, 0.25) is 0 Å². The van der Waals surface area contributed by atoms with E-state index in [4.69, 9.17) is 0 Å². The van der Waals surface area contributed by atoms with Crippen LogP contribution in [0, 0.1) is 0 Å². The molecule has 4 aromatic heterocycles. The lowest BCUT2D eigenvalue weighted by molar-refractivity contribution is 0.866. The number of anilines is 6. The van der Waals surface area contributed by atoms with Crippen LogP contribution < -0.4 is 9.80 Å². The summed E-state index contributed by atoms with van der Waals surface area (Å²) in [6.07, 6.45) is 1.95. The first-order valence-corrected chi connectivity index (χ1v) is 24.6. The number of benzene rings is 9. The minimum Gasteiger partial charge on any atom is -0.310 e. The molecule has 0 saturated carbocycles. The third kappa shape index (κ3) is 5.86. The quantitative estimate of drug-likeness (QED) is 0.136. The Morgan fingerprint density at radius 3 is 1.10 bits per heavy atom. The van der Waals surface area contributed by atoms with Crippen LogP contribution >= 0.6 is 0 Å². The minimum atomic E-state index is 0.458. The van der Waals surface area contributed by atoms with Crippen molar-refractivity contribution in [2.45, 2.75) is 66.2 Å². The van der Waals surface area contributed by atoms with Gasteiger partial charge in [0.05, 0.1) is 44.5 Å². The van der Waals surface area contributed by atoms with Crippen LogP contribution in [-0.4, -0.2) is 8.80 Å². The van der Waals surface area contributed by atoms with E-state index in [1.165, 1.54) is 110 Å². The zero-order valence-electron chi connectivity index (χ0n) is 39.7. The van der Waals surface area contributed by atoms with Crippen molar-refractivity contribution in [3.63, 3.8) is 0 Å². The first kappa shape index (κ1) is 40.5. The second kappa shape index (κ2) is 15.4. The van der Waals surface area contributed by atoms with Crippen molar-refractivity contribution in [3.05, 3.63) is 204 Å². The maximum Gasteiger partial charge on any atom is 0.0641 e. The molecule has 0 aliphatic rings. The van der Waals surface area contributed by atoms with E-state index in [1.54, 1.807) is 0 Å². The van der Waals surface area contributed by atoms with E-state index in [0.717, 1.165) is 35.6 Å². The van der Waals surface area contributed by atoms with E-state index in [1.807, 2.05) is 0 Å². The number of hydrogen-bond acceptors (Lipinski definition) is 2. The molecule has 4 heterocycles. The summed E-state index contributed by atoms with van der Waals surface area (Å²) >= 11 is 0. The molecule has 0 spiro atoms. The summed E-state index contributed by atoms with van der Waals surface area (Å²) in [6.45, 7) is 13.6. The highest BCUT2D eigenvalue weighted by Crippen LogP contribution is 2.51. The molecule has 0 radical (unpaired) electrons. The van der Waals surface area contributed by atoms with Gasteiger partial charge >= 0.3 is 0 Å². The fourth-order valence-corrected chi connectivity index (χ4v) is 11.5. The fraction of sp³-hybridized carbons (Fsp3) is 0.156. The number of hydrogen-bond donors (Lipinski definition) is 0. The van der Waals surface area contributed by atoms with E-state index in [9.17, 15) is 0 Å². The van der Waals surface area contributed by atoms with Crippen LogP contribution in [0.4, 0.5) is 34.1 Å². The number of aryl methyl sites for hydroxylation is 2. The molecule has 13 aromatic rings. The molecule has 0 unspecified atom stereocenters. The standard InChI is InChI=1S/C64H54N4/c1-7-41-19-31-55-53(35-41)61-57(65(45-15-11-9-12-16-45)47-25-21-43(22-26-47)39(3)4)33-29-49-51-38-60-52(37-59(51)67(55)63(49)61)50-30-34-58(62-54-36-42(8-2)20-32-56(54)68(60)64(50)62)66(46-17-13-10-14-18-46)48-27-23-44(24-28-48)40(5)6/h9-40H,7-8H2,1-6H3. The third-order valence-corrected chi connectivity index (χ3v) is 15.0. The molecule has 0 N–H and O–H groups in total. The molecule has 4 heteroatoms. The van der Waals surface area contributed by atoms with Crippen molar-refractivity contribution >= 4 is 110 Å². The summed E-state index contributed by atoms with van der Waals surface area (Å²) in [4.78, 5) is 4.93. The third-order valence-electron chi connectivity index (χ3n) is 15.0. The molecular weight excluding hydrogens is 825 g/mol. The molecule has 13 rings (SSSR count). The molecule has 0 aliphatic carbocycles. The summed E-state index contributed by atoms with van der Waals surface area (Å²) in [5.41, 5.74) is 19.9. The Morgan fingerprint density at radius 2 is 0.735 bits per heavy atom. The van der Waals surface area contributed by atoms with Gasteiger partial charge in [-0.2, -0.15) is 0 Å². The average molecular weight is 879 g/mol. The molecule has 9 aromatic carbocycles. The summed E-state index contributed by atoms with van der Waals surface area (Å²) < 4.78 is 5.15. The van der Waals surface area contributed by atoms with Crippen LogP contribution in [0.5, 0.6) is 0 Å². The van der Waals surface area contributed by atoms with Gasteiger partial charge in [0.1, 0.15) is 0 Å². The summed E-state index contributed by atoms with van der Waals surface area (Å²) in [5.74, 6) is 0.916. The monoisotopic (exact) mass is 878 g/mol. The lowest BCUT2D eigenvalue weighted by Crippen LogP contribution is -2.10. The number of rotatable bonds is 10. The molecule has 0 atom stereocenters. The number of aromatic nitrogens is 2. The van der Waals surface area contributed by atoms with E-state index < -0.39 is 0 Å². The largest absolute Gasteiger partial charge is 0.310 e. The van der Waals surface area contributed by atoms with Gasteiger partial charge in [0.15, 0.2) is 0 Å². The topological polar surface area (TPSA) is 15.3 Å². The Labute approximate surface area is 397 Å². The minimum absolute atomic E-state index is 0.458. The van der Waals surface area contributed by atoms with Crippen molar-refractivity contribution in [3.8, 4) is 0 Å². The van der Waals surface area contributed by atoms with Gasteiger partial charge in [-0.25, -0.2) is 0 Å². The molecule has 0 amide bonds. The highest BCUT2D eigenvalue weighted by molar-refractivity contribution is 6.32. The van der Waals surface area contributed by atoms with E-state index in [2.05, 4.69) is 242 Å². The molecule has 0 fully saturated rings. The van der Waals surface area contributed by atoms with Gasteiger partial charge < -0.3 is 18.6 Å². The van der Waals surface area contributed by atoms with Crippen LogP contribution in [0.1, 0.15) is 75.6 Å². The molecule has 0 saturated heterocycles. The van der Waals surface area contributed by atoms with Crippen LogP contribution in [-0.2, 0) is 12.8 Å². The SMILES string of the molecule is CCc1ccc2c(c1)c1c(N(c3ccccc3)c3ccc(C(C)C)cc3)ccc3c4cc5c(cc4n2c31)c1ccc(N(c2ccccc2)c2ccc(C(C)C)cc2)c2c3cc(CC)ccc3n5c12. The number of nitrogens with zero attached hydrogens (tertiary/aromatic N) is 4. The van der Waals surface area contributed by atoms with Crippen molar-refractivity contribution < 1.29 is 0 Å². The Bertz CT molecular complexity index is 3760. The maximum atomic E-state index is 2.58. The van der Waals surface area contributed by atoms with Crippen molar-refractivity contribution in [2.75, 3.05) is 9.80 Å². The highest BCUT2D eigenvalue weighted by atomic mass is 15.2. The van der Waals surface area contributed by atoms with Crippen LogP contribution in [0.3, 0.4) is 0 Å². The number of para-hydroxylation sites is 2. The molecule has 4 nitrogen and oxygen atoms in total. The average Bonchev–Trinajstić information content (AvgIpc) is 4.10. The Kier molecular flexibility index (Phi) is 9.14. The van der Waals surface area contributed by atoms with Crippen molar-refractivity contribution in [2.24, 2.45) is 0 Å². The van der Waals surface area contributed by atoms with Gasteiger partial charge in [-0.3, -0.25) is 0 Å². The summed E-state index contributed by atoms with van der Waals surface area (Å²) in [6, 6.07) is 69.0. The van der Waals surface area contributed by atoms with Crippen molar-refractivity contribution in [1.82, 2.24) is 8.80 Å². The van der Waals surface area contributed by atoms with Gasteiger partial charge in [-0.1, -0.05) is 126 Å². The molecular formula is C64H54N4. The lowest BCUT2D eigenvalue weighted by Gasteiger charge is -2.27. The summed E-state index contributed by atoms with van der Waals surface area (Å²) in [5, 5.41) is 10.2. The Morgan fingerprint density at radius 1 is 0.353 bits per heavy atom. The zero-order chi connectivity index (χ0) is 45.9. The zero-order valence-corrected chi connectivity index (χ0v) is 39.7. The van der Waals surface area contributed by atoms with E-state index >= 15 is 0 Å². The lowest BCUT2D eigenvalue weighted by atomic mass is 10.00. The first-order chi connectivity index (χ1) is 33.3. The Hall–Kier alpha value is -7.82. The van der Waals surface area contributed by atoms with Gasteiger partial charge in [-0.15, -0.1) is 0 Å². The maximum absolute atomic E-state index is 2.58. The number of fused-ring (bicyclic) bond motifs is 12. The van der Waals surface area contributed by atoms with Crippen molar-refractivity contribution in [1.29, 1.82) is 0 Å². The molecule has 0 bridgehead atoms. The predicted octanol–water partition coefficient (Wildman–Crippen LogP) is 18.3. The molecule has 68 heavy (non-hydrogen) atoms. The van der Waals surface area contributed by atoms with Gasteiger partial charge in [-0.05, 0) is 144 Å². The normalized spacial score (nSPS) is 12.4. The second-order valence-electron chi connectivity index (χ2n) is 19.5. The van der Waals surface area contributed by atoms with Crippen LogP contribution in [0.15, 0.2) is 182 Å². The van der Waals surface area contributed by atoms with Gasteiger partial charge in [0, 0.05) is 65.8 Å². The van der Waals surface area contributed by atoms with E-state index in [0.29, 0.717) is 11.8 Å². The molecule has 0 aliphatic heterocycles. The van der Waals surface area contributed by atoms with Crippen LogP contribution in [0.25, 0.3) is 76.2 Å². The molecule has 330 valence electrons. The first-order valence-electron chi connectivity index (χ1n) is 24.6. The predicted molar refractivity (Wildman–Crippen MR) is 292 cm³/mol. The fourth-order valence-electron chi connectivity index (χ4n) is 11.5. The Balaban J connectivity index is 1.12. The van der Waals surface area contributed by atoms with Crippen LogP contribution in [0.2, 0.25) is 0 Å². The summed E-state index contributed by atoms with van der Waals surface area (Å²) in [7, 11) is 0. The second-order valence-corrected chi connectivity index (χ2v) is 19.5. The van der Waals surface area contributed by atoms with Gasteiger partial charge in [0.25, 0.3) is 0 Å². The smallest absolute Gasteiger partial charge is 0.0641 e. The van der Waals surface area contributed by atoms with E-state index in [-0.39, 0.29) is 0 Å².